The number of amides is 1. The van der Waals surface area contributed by atoms with E-state index in [0.717, 1.165) is 11.4 Å². The Kier molecular flexibility index (Phi) is 5.59. The predicted molar refractivity (Wildman–Crippen MR) is 90.5 cm³/mol. The average molecular weight is 309 g/mol. The maximum absolute atomic E-state index is 11.9. The average Bonchev–Trinajstić information content (AvgIpc) is 2.54. The lowest BCUT2D eigenvalue weighted by molar-refractivity contribution is -0.114. The molecule has 2 rings (SSSR count). The van der Waals surface area contributed by atoms with Gasteiger partial charge in [0.25, 0.3) is 0 Å². The summed E-state index contributed by atoms with van der Waals surface area (Å²) in [7, 11) is 0. The van der Waals surface area contributed by atoms with E-state index in [-0.39, 0.29) is 18.6 Å². The molecule has 0 saturated carbocycles. The summed E-state index contributed by atoms with van der Waals surface area (Å²) in [6.45, 7) is 4.10. The summed E-state index contributed by atoms with van der Waals surface area (Å²) in [6, 6.07) is 16.2. The zero-order valence-corrected chi connectivity index (χ0v) is 13.2. The number of hydrogen-bond donors (Lipinski definition) is 2. The number of ether oxygens (including phenoxy) is 1. The monoisotopic (exact) mass is 309 g/mol. The van der Waals surface area contributed by atoms with Crippen LogP contribution in [0.4, 0.5) is 11.4 Å². The van der Waals surface area contributed by atoms with Gasteiger partial charge in [0.1, 0.15) is 5.75 Å². The third-order valence-electron chi connectivity index (χ3n) is 2.98. The van der Waals surface area contributed by atoms with E-state index < -0.39 is 0 Å². The highest BCUT2D eigenvalue weighted by atomic mass is 16.5. The molecule has 2 N–H and O–H groups in total. The van der Waals surface area contributed by atoms with Crippen molar-refractivity contribution >= 4 is 17.3 Å². The van der Waals surface area contributed by atoms with Crippen LogP contribution in [0.5, 0.6) is 5.75 Å². The van der Waals surface area contributed by atoms with Gasteiger partial charge in [-0.1, -0.05) is 0 Å². The maximum Gasteiger partial charge on any atom is 0.243 e. The molecule has 2 aromatic rings. The van der Waals surface area contributed by atoms with Gasteiger partial charge >= 0.3 is 0 Å². The quantitative estimate of drug-likeness (QED) is 0.857. The van der Waals surface area contributed by atoms with Crippen molar-refractivity contribution in [2.24, 2.45) is 0 Å². The van der Waals surface area contributed by atoms with Crippen molar-refractivity contribution in [2.75, 3.05) is 17.2 Å². The summed E-state index contributed by atoms with van der Waals surface area (Å²) >= 11 is 0. The van der Waals surface area contributed by atoms with Crippen LogP contribution in [-0.4, -0.2) is 18.6 Å². The van der Waals surface area contributed by atoms with E-state index in [1.165, 1.54) is 0 Å². The van der Waals surface area contributed by atoms with Crippen LogP contribution < -0.4 is 15.4 Å². The van der Waals surface area contributed by atoms with Crippen LogP contribution >= 0.6 is 0 Å². The van der Waals surface area contributed by atoms with Gasteiger partial charge in [-0.3, -0.25) is 4.79 Å². The molecular weight excluding hydrogens is 290 g/mol. The minimum absolute atomic E-state index is 0.131. The second-order valence-corrected chi connectivity index (χ2v) is 5.28. The molecule has 5 heteroatoms. The van der Waals surface area contributed by atoms with Crippen LogP contribution in [0, 0.1) is 11.3 Å². The van der Waals surface area contributed by atoms with Gasteiger partial charge in [0.05, 0.1) is 24.3 Å². The molecule has 0 spiro atoms. The number of carbonyl (C=O) groups excluding carboxylic acids is 1. The van der Waals surface area contributed by atoms with E-state index in [0.29, 0.717) is 11.3 Å². The molecule has 0 aliphatic heterocycles. The molecule has 0 aromatic heterocycles. The fourth-order valence-electron chi connectivity index (χ4n) is 1.94. The molecule has 1 amide bonds. The van der Waals surface area contributed by atoms with E-state index in [1.54, 1.807) is 24.3 Å². The van der Waals surface area contributed by atoms with Gasteiger partial charge in [-0.2, -0.15) is 5.26 Å². The Bertz CT molecular complexity index is 686. The summed E-state index contributed by atoms with van der Waals surface area (Å²) in [5.74, 6) is 0.643. The zero-order valence-electron chi connectivity index (χ0n) is 13.2. The molecule has 0 atom stereocenters. The lowest BCUT2D eigenvalue weighted by Crippen LogP contribution is -2.21. The summed E-state index contributed by atoms with van der Waals surface area (Å²) < 4.78 is 5.56. The molecule has 0 bridgehead atoms. The molecule has 118 valence electrons. The van der Waals surface area contributed by atoms with Crippen LogP contribution in [0.3, 0.4) is 0 Å². The molecule has 0 aliphatic rings. The highest BCUT2D eigenvalue weighted by Gasteiger charge is 2.03. The van der Waals surface area contributed by atoms with Crippen molar-refractivity contribution in [1.82, 2.24) is 0 Å². The zero-order chi connectivity index (χ0) is 16.7. The number of carbonyl (C=O) groups is 1. The van der Waals surface area contributed by atoms with E-state index in [4.69, 9.17) is 10.00 Å². The Morgan fingerprint density at radius 3 is 2.26 bits per heavy atom. The number of anilines is 2. The number of benzene rings is 2. The molecule has 0 unspecified atom stereocenters. The van der Waals surface area contributed by atoms with E-state index in [2.05, 4.69) is 10.6 Å². The standard InChI is InChI=1S/C18H19N3O2/c1-13(2)23-17-9-7-15(8-10-17)20-12-18(22)21-16-5-3-14(11-19)4-6-16/h3-10,13,20H,12H2,1-2H3,(H,21,22). The van der Waals surface area contributed by atoms with Gasteiger partial charge in [0.15, 0.2) is 0 Å². The van der Waals surface area contributed by atoms with E-state index in [9.17, 15) is 4.79 Å². The molecular formula is C18H19N3O2. The molecule has 0 saturated heterocycles. The van der Waals surface area contributed by atoms with Crippen LogP contribution in [0.15, 0.2) is 48.5 Å². The van der Waals surface area contributed by atoms with Crippen molar-refractivity contribution < 1.29 is 9.53 Å². The third-order valence-corrected chi connectivity index (χ3v) is 2.98. The normalized spacial score (nSPS) is 10.0. The summed E-state index contributed by atoms with van der Waals surface area (Å²) in [5, 5.41) is 14.5. The van der Waals surface area contributed by atoms with Crippen molar-refractivity contribution in [3.63, 3.8) is 0 Å². The lowest BCUT2D eigenvalue weighted by atomic mass is 10.2. The highest BCUT2D eigenvalue weighted by Crippen LogP contribution is 2.16. The minimum Gasteiger partial charge on any atom is -0.491 e. The highest BCUT2D eigenvalue weighted by molar-refractivity contribution is 5.93. The van der Waals surface area contributed by atoms with Gasteiger partial charge in [0, 0.05) is 11.4 Å². The predicted octanol–water partition coefficient (Wildman–Crippen LogP) is 3.40. The van der Waals surface area contributed by atoms with Gasteiger partial charge in [-0.05, 0) is 62.4 Å². The van der Waals surface area contributed by atoms with Crippen LogP contribution in [0.25, 0.3) is 0 Å². The van der Waals surface area contributed by atoms with E-state index in [1.807, 2.05) is 44.2 Å². The molecule has 0 fully saturated rings. The van der Waals surface area contributed by atoms with Crippen LogP contribution in [0.2, 0.25) is 0 Å². The summed E-state index contributed by atoms with van der Waals surface area (Å²) in [6.07, 6.45) is 0.131. The second kappa shape index (κ2) is 7.85. The fourth-order valence-corrected chi connectivity index (χ4v) is 1.94. The number of nitrogens with zero attached hydrogens (tertiary/aromatic N) is 1. The van der Waals surface area contributed by atoms with Crippen molar-refractivity contribution in [3.05, 3.63) is 54.1 Å². The Balaban J connectivity index is 1.82. The largest absolute Gasteiger partial charge is 0.491 e. The number of hydrogen-bond acceptors (Lipinski definition) is 4. The van der Waals surface area contributed by atoms with Crippen molar-refractivity contribution in [2.45, 2.75) is 20.0 Å². The van der Waals surface area contributed by atoms with Gasteiger partial charge in [-0.15, -0.1) is 0 Å². The van der Waals surface area contributed by atoms with Crippen molar-refractivity contribution in [1.29, 1.82) is 5.26 Å². The first-order chi connectivity index (χ1) is 11.1. The molecule has 2 aromatic carbocycles. The smallest absolute Gasteiger partial charge is 0.243 e. The molecule has 0 heterocycles. The fraction of sp³-hybridized carbons (Fsp3) is 0.222. The van der Waals surface area contributed by atoms with Crippen LogP contribution in [0.1, 0.15) is 19.4 Å². The first-order valence-electron chi connectivity index (χ1n) is 7.37. The van der Waals surface area contributed by atoms with E-state index >= 15 is 0 Å². The Labute approximate surface area is 135 Å². The topological polar surface area (TPSA) is 74.2 Å². The summed E-state index contributed by atoms with van der Waals surface area (Å²) in [4.78, 5) is 11.9. The SMILES string of the molecule is CC(C)Oc1ccc(NCC(=O)Nc2ccc(C#N)cc2)cc1. The maximum atomic E-state index is 11.9. The van der Waals surface area contributed by atoms with Gasteiger partial charge in [-0.25, -0.2) is 0 Å². The van der Waals surface area contributed by atoms with Crippen molar-refractivity contribution in [3.8, 4) is 11.8 Å². The second-order valence-electron chi connectivity index (χ2n) is 5.28. The van der Waals surface area contributed by atoms with Crippen LogP contribution in [-0.2, 0) is 4.79 Å². The molecule has 0 aliphatic carbocycles. The molecule has 0 radical (unpaired) electrons. The lowest BCUT2D eigenvalue weighted by Gasteiger charge is -2.11. The number of rotatable bonds is 6. The number of nitriles is 1. The first-order valence-corrected chi connectivity index (χ1v) is 7.37. The Morgan fingerprint density at radius 1 is 1.09 bits per heavy atom. The molecule has 5 nitrogen and oxygen atoms in total. The third kappa shape index (κ3) is 5.36. The van der Waals surface area contributed by atoms with Gasteiger partial charge < -0.3 is 15.4 Å². The summed E-state index contributed by atoms with van der Waals surface area (Å²) in [5.41, 5.74) is 2.07. The Morgan fingerprint density at radius 2 is 1.70 bits per heavy atom. The molecule has 23 heavy (non-hydrogen) atoms. The number of nitrogens with one attached hydrogen (secondary N) is 2. The first kappa shape index (κ1) is 16.4. The Hall–Kier alpha value is -3.00. The van der Waals surface area contributed by atoms with Gasteiger partial charge in [0.2, 0.25) is 5.91 Å². The minimum atomic E-state index is -0.155.